The molecule has 0 heterocycles. The molecular formula is C13H15F3N2. The number of nitrogens with zero attached hydrogens (tertiary/aromatic N) is 1. The van der Waals surface area contributed by atoms with Crippen LogP contribution < -0.4 is 5.73 Å². The van der Waals surface area contributed by atoms with E-state index in [-0.39, 0.29) is 0 Å². The molecule has 0 radical (unpaired) electrons. The highest BCUT2D eigenvalue weighted by molar-refractivity contribution is 5.91. The zero-order valence-electron chi connectivity index (χ0n) is 9.87. The van der Waals surface area contributed by atoms with Gasteiger partial charge in [-0.3, -0.25) is 4.99 Å². The summed E-state index contributed by atoms with van der Waals surface area (Å²) < 4.78 is 37.6. The van der Waals surface area contributed by atoms with Crippen molar-refractivity contribution >= 4 is 11.4 Å². The van der Waals surface area contributed by atoms with Crippen LogP contribution in [0, 0.1) is 5.92 Å². The number of benzene rings is 1. The van der Waals surface area contributed by atoms with Crippen molar-refractivity contribution in [2.75, 3.05) is 6.54 Å². The van der Waals surface area contributed by atoms with Gasteiger partial charge in [-0.15, -0.1) is 0 Å². The number of halogens is 3. The van der Waals surface area contributed by atoms with Crippen molar-refractivity contribution < 1.29 is 13.2 Å². The van der Waals surface area contributed by atoms with Crippen molar-refractivity contribution in [3.63, 3.8) is 0 Å². The van der Waals surface area contributed by atoms with E-state index >= 15 is 0 Å². The third-order valence-corrected chi connectivity index (χ3v) is 3.23. The van der Waals surface area contributed by atoms with E-state index in [2.05, 4.69) is 4.99 Å². The van der Waals surface area contributed by atoms with Gasteiger partial charge >= 0.3 is 6.18 Å². The monoisotopic (exact) mass is 256 g/mol. The minimum atomic E-state index is -4.33. The third kappa shape index (κ3) is 2.90. The SMILES string of the molecule is NCC(=Nc1cccc(C(F)(F)F)c1)C1CCC1. The predicted molar refractivity (Wildman–Crippen MR) is 64.9 cm³/mol. The Morgan fingerprint density at radius 3 is 2.56 bits per heavy atom. The lowest BCUT2D eigenvalue weighted by Crippen LogP contribution is -2.28. The van der Waals surface area contributed by atoms with Gasteiger partial charge in [0.1, 0.15) is 0 Å². The van der Waals surface area contributed by atoms with Crippen molar-refractivity contribution in [3.8, 4) is 0 Å². The van der Waals surface area contributed by atoms with Gasteiger partial charge in [0, 0.05) is 12.3 Å². The first-order valence-electron chi connectivity index (χ1n) is 5.95. The molecule has 5 heteroatoms. The summed E-state index contributed by atoms with van der Waals surface area (Å²) in [5.41, 5.74) is 6.07. The average molecular weight is 256 g/mol. The fourth-order valence-electron chi connectivity index (χ4n) is 1.96. The van der Waals surface area contributed by atoms with Gasteiger partial charge in [-0.25, -0.2) is 0 Å². The molecular weight excluding hydrogens is 241 g/mol. The van der Waals surface area contributed by atoms with E-state index in [0.29, 0.717) is 18.2 Å². The van der Waals surface area contributed by atoms with E-state index < -0.39 is 11.7 Å². The molecule has 0 amide bonds. The van der Waals surface area contributed by atoms with Crippen LogP contribution in [0.3, 0.4) is 0 Å². The third-order valence-electron chi connectivity index (χ3n) is 3.23. The Kier molecular flexibility index (Phi) is 3.71. The molecule has 0 aliphatic heterocycles. The van der Waals surface area contributed by atoms with Gasteiger partial charge < -0.3 is 5.73 Å². The van der Waals surface area contributed by atoms with Crippen LogP contribution in [0.2, 0.25) is 0 Å². The first-order valence-corrected chi connectivity index (χ1v) is 5.95. The molecule has 1 aromatic carbocycles. The van der Waals surface area contributed by atoms with Crippen LogP contribution in [0.25, 0.3) is 0 Å². The number of aliphatic imine (C=N–C) groups is 1. The predicted octanol–water partition coefficient (Wildman–Crippen LogP) is 3.54. The lowest BCUT2D eigenvalue weighted by molar-refractivity contribution is -0.137. The number of alkyl halides is 3. The second-order valence-corrected chi connectivity index (χ2v) is 4.48. The van der Waals surface area contributed by atoms with Crippen LogP contribution in [0.15, 0.2) is 29.3 Å². The standard InChI is InChI=1S/C13H15F3N2/c14-13(15,16)10-5-2-6-11(7-10)18-12(8-17)9-3-1-4-9/h2,5-7,9H,1,3-4,8,17H2. The summed E-state index contributed by atoms with van der Waals surface area (Å²) in [5, 5.41) is 0. The fraction of sp³-hybridized carbons (Fsp3) is 0.462. The largest absolute Gasteiger partial charge is 0.416 e. The van der Waals surface area contributed by atoms with Crippen molar-refractivity contribution in [3.05, 3.63) is 29.8 Å². The minimum Gasteiger partial charge on any atom is -0.325 e. The molecule has 2 nitrogen and oxygen atoms in total. The van der Waals surface area contributed by atoms with E-state index in [9.17, 15) is 13.2 Å². The van der Waals surface area contributed by atoms with E-state index in [1.165, 1.54) is 6.07 Å². The normalized spacial score (nSPS) is 17.7. The van der Waals surface area contributed by atoms with Gasteiger partial charge in [-0.05, 0) is 37.0 Å². The second kappa shape index (κ2) is 5.10. The quantitative estimate of drug-likeness (QED) is 0.825. The molecule has 0 saturated heterocycles. The van der Waals surface area contributed by atoms with E-state index in [0.717, 1.165) is 37.1 Å². The molecule has 2 rings (SSSR count). The molecule has 1 fully saturated rings. The van der Waals surface area contributed by atoms with Crippen molar-refractivity contribution in [2.24, 2.45) is 16.6 Å². The molecule has 1 aliphatic rings. The zero-order valence-corrected chi connectivity index (χ0v) is 9.87. The minimum absolute atomic E-state index is 0.306. The van der Waals surface area contributed by atoms with Crippen LogP contribution in [-0.2, 0) is 6.18 Å². The Hall–Kier alpha value is -1.36. The van der Waals surface area contributed by atoms with Gasteiger partial charge in [0.25, 0.3) is 0 Å². The van der Waals surface area contributed by atoms with Gasteiger partial charge in [0.15, 0.2) is 0 Å². The van der Waals surface area contributed by atoms with Crippen LogP contribution in [0.5, 0.6) is 0 Å². The maximum absolute atomic E-state index is 12.5. The topological polar surface area (TPSA) is 38.4 Å². The molecule has 98 valence electrons. The molecule has 0 unspecified atom stereocenters. The number of hydrogen-bond donors (Lipinski definition) is 1. The summed E-state index contributed by atoms with van der Waals surface area (Å²) in [5.74, 6) is 0.351. The maximum atomic E-state index is 12.5. The van der Waals surface area contributed by atoms with Crippen LogP contribution >= 0.6 is 0 Å². The summed E-state index contributed by atoms with van der Waals surface area (Å²) in [4.78, 5) is 4.26. The summed E-state index contributed by atoms with van der Waals surface area (Å²) in [6, 6.07) is 5.05. The van der Waals surface area contributed by atoms with Crippen LogP contribution in [-0.4, -0.2) is 12.3 Å². The molecule has 18 heavy (non-hydrogen) atoms. The molecule has 1 saturated carbocycles. The van der Waals surface area contributed by atoms with Gasteiger partial charge in [-0.2, -0.15) is 13.2 Å². The van der Waals surface area contributed by atoms with Gasteiger partial charge in [0.05, 0.1) is 11.3 Å². The Balaban J connectivity index is 2.25. The van der Waals surface area contributed by atoms with Gasteiger partial charge in [0.2, 0.25) is 0 Å². The summed E-state index contributed by atoms with van der Waals surface area (Å²) >= 11 is 0. The van der Waals surface area contributed by atoms with E-state index in [1.54, 1.807) is 6.07 Å². The summed E-state index contributed by atoms with van der Waals surface area (Å²) in [6.07, 6.45) is -1.11. The highest BCUT2D eigenvalue weighted by atomic mass is 19.4. The van der Waals surface area contributed by atoms with Crippen LogP contribution in [0.1, 0.15) is 24.8 Å². The Labute approximate surface area is 104 Å². The Morgan fingerprint density at radius 1 is 1.33 bits per heavy atom. The summed E-state index contributed by atoms with van der Waals surface area (Å²) in [7, 11) is 0. The molecule has 1 aromatic rings. The number of rotatable bonds is 3. The van der Waals surface area contributed by atoms with Gasteiger partial charge in [-0.1, -0.05) is 12.5 Å². The highest BCUT2D eigenvalue weighted by Gasteiger charge is 2.30. The molecule has 0 aromatic heterocycles. The smallest absolute Gasteiger partial charge is 0.325 e. The Bertz CT molecular complexity index is 448. The average Bonchev–Trinajstić information content (AvgIpc) is 2.25. The van der Waals surface area contributed by atoms with Crippen LogP contribution in [0.4, 0.5) is 18.9 Å². The summed E-state index contributed by atoms with van der Waals surface area (Å²) in [6.45, 7) is 0.306. The first kappa shape index (κ1) is 13.1. The molecule has 0 bridgehead atoms. The van der Waals surface area contributed by atoms with E-state index in [4.69, 9.17) is 5.73 Å². The van der Waals surface area contributed by atoms with E-state index in [1.807, 2.05) is 0 Å². The fourth-order valence-corrected chi connectivity index (χ4v) is 1.96. The molecule has 0 atom stereocenters. The van der Waals surface area contributed by atoms with Crippen molar-refractivity contribution in [2.45, 2.75) is 25.4 Å². The molecule has 1 aliphatic carbocycles. The van der Waals surface area contributed by atoms with Crippen molar-refractivity contribution in [1.82, 2.24) is 0 Å². The number of nitrogens with two attached hydrogens (primary N) is 1. The maximum Gasteiger partial charge on any atom is 0.416 e. The zero-order chi connectivity index (χ0) is 13.2. The second-order valence-electron chi connectivity index (χ2n) is 4.48. The Morgan fingerprint density at radius 2 is 2.06 bits per heavy atom. The lowest BCUT2D eigenvalue weighted by Gasteiger charge is -2.26. The molecule has 0 spiro atoms. The number of hydrogen-bond acceptors (Lipinski definition) is 2. The lowest BCUT2D eigenvalue weighted by atomic mass is 9.81. The highest BCUT2D eigenvalue weighted by Crippen LogP contribution is 2.33. The van der Waals surface area contributed by atoms with Crippen molar-refractivity contribution in [1.29, 1.82) is 0 Å². The molecule has 2 N–H and O–H groups in total. The first-order chi connectivity index (χ1) is 8.50.